The number of nitrogens with zero attached hydrogens (tertiary/aromatic N) is 3. The van der Waals surface area contributed by atoms with Crippen molar-refractivity contribution in [1.29, 1.82) is 0 Å². The van der Waals surface area contributed by atoms with E-state index >= 15 is 0 Å². The van der Waals surface area contributed by atoms with E-state index in [2.05, 4.69) is 65.3 Å². The Morgan fingerprint density at radius 2 is 1.72 bits per heavy atom. The Balaban J connectivity index is 1.77. The van der Waals surface area contributed by atoms with Crippen LogP contribution < -0.4 is 0 Å². The Bertz CT molecular complexity index is 972. The average Bonchev–Trinajstić information content (AvgIpc) is 3.13. The zero-order chi connectivity index (χ0) is 17.4. The van der Waals surface area contributed by atoms with Crippen LogP contribution in [0.3, 0.4) is 0 Å². The summed E-state index contributed by atoms with van der Waals surface area (Å²) >= 11 is 1.75. The van der Waals surface area contributed by atoms with Crippen molar-refractivity contribution >= 4 is 28.4 Å². The maximum absolute atomic E-state index is 4.68. The molecule has 126 valence electrons. The predicted octanol–water partition coefficient (Wildman–Crippen LogP) is 6.13. The third kappa shape index (κ3) is 2.85. The zero-order valence-electron chi connectivity index (χ0n) is 14.5. The van der Waals surface area contributed by atoms with E-state index in [1.165, 1.54) is 10.6 Å². The largest absolute Gasteiger partial charge is 0.353 e. The number of aromatic nitrogens is 1. The number of hydrogen-bond acceptors (Lipinski definition) is 4. The molecule has 1 aromatic heterocycles. The first kappa shape index (κ1) is 16.0. The Morgan fingerprint density at radius 3 is 2.44 bits per heavy atom. The van der Waals surface area contributed by atoms with Crippen molar-refractivity contribution in [3.05, 3.63) is 65.2 Å². The van der Waals surface area contributed by atoms with Gasteiger partial charge >= 0.3 is 0 Å². The number of nitrogens with one attached hydrogen (secondary N) is 1. The number of para-hydroxylation sites is 1. The molecule has 25 heavy (non-hydrogen) atoms. The molecule has 0 saturated carbocycles. The predicted molar refractivity (Wildman–Crippen MR) is 106 cm³/mol. The van der Waals surface area contributed by atoms with Crippen molar-refractivity contribution < 1.29 is 0 Å². The lowest BCUT2D eigenvalue weighted by Gasteiger charge is -2.17. The Hall–Kier alpha value is -2.53. The van der Waals surface area contributed by atoms with Crippen LogP contribution in [0.1, 0.15) is 13.8 Å². The van der Waals surface area contributed by atoms with E-state index in [4.69, 9.17) is 0 Å². The minimum Gasteiger partial charge on any atom is -0.353 e. The molecule has 0 fully saturated rings. The fraction of sp³-hybridized carbons (Fsp3) is 0.200. The Kier molecular flexibility index (Phi) is 4.09. The maximum atomic E-state index is 4.68. The molecular formula is C20H20N4S. The molecule has 4 rings (SSSR count). The van der Waals surface area contributed by atoms with Crippen LogP contribution in [-0.4, -0.2) is 22.4 Å². The fourth-order valence-electron chi connectivity index (χ4n) is 2.99. The van der Waals surface area contributed by atoms with Gasteiger partial charge in [-0.1, -0.05) is 60.3 Å². The molecule has 1 unspecified atom stereocenters. The Labute approximate surface area is 151 Å². The van der Waals surface area contributed by atoms with Crippen LogP contribution in [0, 0.1) is 0 Å². The van der Waals surface area contributed by atoms with Gasteiger partial charge in [0.2, 0.25) is 0 Å². The molecule has 0 saturated heterocycles. The number of rotatable bonds is 3. The SMILES string of the molecule is CC1=C(C)N(C)C(N=Nc2c(-c3ccccc3)[nH]c3ccccc23)S1. The lowest BCUT2D eigenvalue weighted by Crippen LogP contribution is -2.20. The summed E-state index contributed by atoms with van der Waals surface area (Å²) in [5, 5.41) is 10.4. The van der Waals surface area contributed by atoms with Crippen molar-refractivity contribution in [3.63, 3.8) is 0 Å². The number of azo groups is 1. The summed E-state index contributed by atoms with van der Waals surface area (Å²) in [5.41, 5.74) is 5.36. The molecule has 5 heteroatoms. The first-order valence-corrected chi connectivity index (χ1v) is 9.17. The number of aromatic amines is 1. The fourth-order valence-corrected chi connectivity index (χ4v) is 4.03. The van der Waals surface area contributed by atoms with Crippen LogP contribution in [0.25, 0.3) is 22.2 Å². The van der Waals surface area contributed by atoms with Gasteiger partial charge in [0.05, 0.1) is 5.69 Å². The van der Waals surface area contributed by atoms with E-state index < -0.39 is 0 Å². The summed E-state index contributed by atoms with van der Waals surface area (Å²) in [6, 6.07) is 18.5. The van der Waals surface area contributed by atoms with Crippen molar-refractivity contribution in [2.75, 3.05) is 7.05 Å². The first-order valence-electron chi connectivity index (χ1n) is 8.29. The van der Waals surface area contributed by atoms with Gasteiger partial charge in [-0.2, -0.15) is 10.2 Å². The number of thioether (sulfide) groups is 1. The second-order valence-electron chi connectivity index (χ2n) is 6.17. The van der Waals surface area contributed by atoms with Gasteiger partial charge in [0.25, 0.3) is 0 Å². The lowest BCUT2D eigenvalue weighted by atomic mass is 10.1. The molecule has 0 bridgehead atoms. The highest BCUT2D eigenvalue weighted by molar-refractivity contribution is 8.03. The van der Waals surface area contributed by atoms with E-state index in [1.54, 1.807) is 11.8 Å². The highest BCUT2D eigenvalue weighted by atomic mass is 32.2. The summed E-state index contributed by atoms with van der Waals surface area (Å²) in [4.78, 5) is 6.97. The van der Waals surface area contributed by atoms with Gasteiger partial charge < -0.3 is 9.88 Å². The second-order valence-corrected chi connectivity index (χ2v) is 7.44. The zero-order valence-corrected chi connectivity index (χ0v) is 15.3. The maximum Gasteiger partial charge on any atom is 0.193 e. The lowest BCUT2D eigenvalue weighted by molar-refractivity contribution is 0.402. The molecule has 0 radical (unpaired) electrons. The van der Waals surface area contributed by atoms with Crippen LogP contribution in [0.15, 0.2) is 75.4 Å². The second kappa shape index (κ2) is 6.41. The average molecular weight is 348 g/mol. The monoisotopic (exact) mass is 348 g/mol. The molecule has 0 amide bonds. The normalized spacial score (nSPS) is 18.0. The molecule has 3 aromatic rings. The molecule has 1 N–H and O–H groups in total. The molecule has 1 aliphatic rings. The smallest absolute Gasteiger partial charge is 0.193 e. The molecule has 0 aliphatic carbocycles. The van der Waals surface area contributed by atoms with E-state index in [9.17, 15) is 0 Å². The summed E-state index contributed by atoms with van der Waals surface area (Å²) in [5.74, 6) is 0. The molecule has 1 atom stereocenters. The first-order chi connectivity index (χ1) is 12.1. The third-order valence-electron chi connectivity index (χ3n) is 4.65. The number of allylic oxidation sites excluding steroid dienone is 2. The van der Waals surface area contributed by atoms with Gasteiger partial charge in [0.15, 0.2) is 5.50 Å². The topological polar surface area (TPSA) is 43.8 Å². The number of H-pyrrole nitrogens is 1. The minimum absolute atomic E-state index is 0.00251. The van der Waals surface area contributed by atoms with Crippen LogP contribution in [0.5, 0.6) is 0 Å². The van der Waals surface area contributed by atoms with E-state index in [1.807, 2.05) is 30.3 Å². The van der Waals surface area contributed by atoms with E-state index in [-0.39, 0.29) is 5.50 Å². The van der Waals surface area contributed by atoms with Gasteiger partial charge in [-0.25, -0.2) is 0 Å². The number of benzene rings is 2. The molecule has 2 aromatic carbocycles. The summed E-state index contributed by atoms with van der Waals surface area (Å²) < 4.78 is 0. The van der Waals surface area contributed by atoms with Gasteiger partial charge in [0.1, 0.15) is 5.69 Å². The number of fused-ring (bicyclic) bond motifs is 1. The Morgan fingerprint density at radius 1 is 1.00 bits per heavy atom. The third-order valence-corrected chi connectivity index (χ3v) is 5.92. The van der Waals surface area contributed by atoms with Crippen LogP contribution >= 0.6 is 11.8 Å². The number of hydrogen-bond donors (Lipinski definition) is 1. The van der Waals surface area contributed by atoms with Crippen molar-refractivity contribution in [3.8, 4) is 11.3 Å². The minimum atomic E-state index is -0.00251. The molecule has 2 heterocycles. The van der Waals surface area contributed by atoms with Gasteiger partial charge in [0, 0.05) is 34.1 Å². The summed E-state index contributed by atoms with van der Waals surface area (Å²) in [6.07, 6.45) is 0. The van der Waals surface area contributed by atoms with Crippen molar-refractivity contribution in [1.82, 2.24) is 9.88 Å². The van der Waals surface area contributed by atoms with Crippen LogP contribution in [-0.2, 0) is 0 Å². The highest BCUT2D eigenvalue weighted by Crippen LogP contribution is 2.40. The molecule has 0 spiro atoms. The van der Waals surface area contributed by atoms with Gasteiger partial charge in [-0.05, 0) is 19.9 Å². The highest BCUT2D eigenvalue weighted by Gasteiger charge is 2.25. The summed E-state index contributed by atoms with van der Waals surface area (Å²) in [6.45, 7) is 4.26. The van der Waals surface area contributed by atoms with E-state index in [0.717, 1.165) is 27.8 Å². The van der Waals surface area contributed by atoms with Crippen molar-refractivity contribution in [2.45, 2.75) is 19.3 Å². The molecular weight excluding hydrogens is 328 g/mol. The van der Waals surface area contributed by atoms with Crippen LogP contribution in [0.4, 0.5) is 5.69 Å². The quantitative estimate of drug-likeness (QED) is 0.578. The molecule has 1 aliphatic heterocycles. The summed E-state index contributed by atoms with van der Waals surface area (Å²) in [7, 11) is 2.07. The van der Waals surface area contributed by atoms with E-state index in [0.29, 0.717) is 0 Å². The standard InChI is InChI=1S/C20H20N4S/c1-13-14(2)25-20(24(13)3)23-22-19-16-11-7-8-12-17(16)21-18(19)15-9-5-4-6-10-15/h4-12,20-21H,1-3H3. The van der Waals surface area contributed by atoms with Gasteiger partial charge in [-0.15, -0.1) is 0 Å². The van der Waals surface area contributed by atoms with Crippen molar-refractivity contribution in [2.24, 2.45) is 10.2 Å². The van der Waals surface area contributed by atoms with Crippen LogP contribution in [0.2, 0.25) is 0 Å². The van der Waals surface area contributed by atoms with Gasteiger partial charge in [-0.3, -0.25) is 0 Å². The molecule has 4 nitrogen and oxygen atoms in total.